The van der Waals surface area contributed by atoms with E-state index in [2.05, 4.69) is 16.4 Å². The lowest BCUT2D eigenvalue weighted by molar-refractivity contribution is 0.0999. The third-order valence-electron chi connectivity index (χ3n) is 8.08. The van der Waals surface area contributed by atoms with Gasteiger partial charge in [0.2, 0.25) is 15.7 Å². The Bertz CT molecular complexity index is 2000. The maximum Gasteiger partial charge on any atom is 0.248 e. The van der Waals surface area contributed by atoms with E-state index in [1.807, 2.05) is 45.9 Å². The summed E-state index contributed by atoms with van der Waals surface area (Å²) in [5.41, 5.74) is 15.6. The molecule has 10 heteroatoms. The first kappa shape index (κ1) is 29.4. The fourth-order valence-corrected chi connectivity index (χ4v) is 7.16. The molecule has 0 aliphatic carbocycles. The first-order valence-electron chi connectivity index (χ1n) is 13.5. The Morgan fingerprint density at radius 1 is 0.952 bits per heavy atom. The summed E-state index contributed by atoms with van der Waals surface area (Å²) >= 11 is 0. The monoisotopic (exact) mass is 601 g/mol. The van der Waals surface area contributed by atoms with Gasteiger partial charge in [0.25, 0.3) is 0 Å². The molecule has 0 fully saturated rings. The molecule has 0 saturated carbocycles. The molecule has 42 heavy (non-hydrogen) atoms. The molecule has 1 aliphatic rings. The highest BCUT2D eigenvalue weighted by Gasteiger charge is 2.29. The standard InChI is InChI=1S/C32H31N5O3S.ClH/c1-17-6-5-7-23(12-17)41(39,40)32-28(22-13-18(2)26-15-34-11-10-21(26)14-22)36-29-27(16-35-31(29)37-32)24-8-9-25(30(33)38)20(4)19(24)3;/h5-9,12-14,16,34H,10-11,15H2,1-4H3,(H2,33,38)(H,35,37);1H. The van der Waals surface area contributed by atoms with Crippen LogP contribution in [-0.4, -0.2) is 35.8 Å². The number of amides is 1. The zero-order chi connectivity index (χ0) is 29.1. The van der Waals surface area contributed by atoms with Crippen molar-refractivity contribution in [3.8, 4) is 22.4 Å². The van der Waals surface area contributed by atoms with E-state index in [1.165, 1.54) is 11.1 Å². The molecule has 1 amide bonds. The summed E-state index contributed by atoms with van der Waals surface area (Å²) in [7, 11) is -4.01. The number of nitrogens with one attached hydrogen (secondary N) is 2. The number of H-pyrrole nitrogens is 1. The van der Waals surface area contributed by atoms with Crippen LogP contribution in [-0.2, 0) is 22.8 Å². The number of rotatable bonds is 5. The number of fused-ring (bicyclic) bond motifs is 2. The third kappa shape index (κ3) is 4.87. The van der Waals surface area contributed by atoms with Crippen molar-refractivity contribution in [2.75, 3.05) is 6.54 Å². The van der Waals surface area contributed by atoms with Crippen LogP contribution in [0, 0.1) is 27.7 Å². The van der Waals surface area contributed by atoms with E-state index in [1.54, 1.807) is 30.5 Å². The highest BCUT2D eigenvalue weighted by atomic mass is 35.5. The number of primary amides is 1. The number of sulfone groups is 1. The van der Waals surface area contributed by atoms with Crippen molar-refractivity contribution in [2.24, 2.45) is 5.73 Å². The number of halogens is 1. The average Bonchev–Trinajstić information content (AvgIpc) is 3.36. The number of carbonyl (C=O) groups is 1. The Labute approximate surface area is 251 Å². The highest BCUT2D eigenvalue weighted by Crippen LogP contribution is 2.37. The second-order valence-electron chi connectivity index (χ2n) is 10.7. The topological polar surface area (TPSA) is 131 Å². The summed E-state index contributed by atoms with van der Waals surface area (Å²) in [6.45, 7) is 9.34. The van der Waals surface area contributed by atoms with Crippen molar-refractivity contribution in [1.29, 1.82) is 0 Å². The SMILES string of the molecule is Cc1cccc(S(=O)(=O)c2nc3[nH]cc(-c4ccc(C(N)=O)c(C)c4C)c3nc2-c2cc(C)c3c(c2)CCNC3)c1.Cl. The highest BCUT2D eigenvalue weighted by molar-refractivity contribution is 7.91. The van der Waals surface area contributed by atoms with Gasteiger partial charge < -0.3 is 16.0 Å². The van der Waals surface area contributed by atoms with Gasteiger partial charge >= 0.3 is 0 Å². The molecule has 0 bridgehead atoms. The Hall–Kier alpha value is -4.05. The Morgan fingerprint density at radius 3 is 2.48 bits per heavy atom. The van der Waals surface area contributed by atoms with E-state index >= 15 is 0 Å². The quantitative estimate of drug-likeness (QED) is 0.243. The van der Waals surface area contributed by atoms with Crippen LogP contribution < -0.4 is 11.1 Å². The summed E-state index contributed by atoms with van der Waals surface area (Å²) in [5.74, 6) is -0.484. The number of nitrogens with zero attached hydrogens (tertiary/aromatic N) is 2. The largest absolute Gasteiger partial charge is 0.366 e. The zero-order valence-corrected chi connectivity index (χ0v) is 25.5. The molecule has 216 valence electrons. The molecule has 0 atom stereocenters. The van der Waals surface area contributed by atoms with E-state index in [0.29, 0.717) is 28.0 Å². The molecule has 0 radical (unpaired) electrons. The molecule has 2 aromatic heterocycles. The molecule has 4 N–H and O–H groups in total. The molecule has 0 saturated heterocycles. The van der Waals surface area contributed by atoms with Crippen molar-refractivity contribution in [3.05, 3.63) is 93.7 Å². The Morgan fingerprint density at radius 2 is 1.74 bits per heavy atom. The van der Waals surface area contributed by atoms with Gasteiger partial charge in [-0.2, -0.15) is 0 Å². The van der Waals surface area contributed by atoms with Gasteiger partial charge in [0, 0.05) is 29.4 Å². The van der Waals surface area contributed by atoms with E-state index in [9.17, 15) is 13.2 Å². The van der Waals surface area contributed by atoms with Crippen LogP contribution in [0.5, 0.6) is 0 Å². The summed E-state index contributed by atoms with van der Waals surface area (Å²) in [4.78, 5) is 25.0. The third-order valence-corrected chi connectivity index (χ3v) is 9.75. The molecule has 3 aromatic carbocycles. The molecule has 3 heterocycles. The van der Waals surface area contributed by atoms with Gasteiger partial charge in [-0.15, -0.1) is 12.4 Å². The van der Waals surface area contributed by atoms with Crippen LogP contribution >= 0.6 is 12.4 Å². The van der Waals surface area contributed by atoms with Gasteiger partial charge in [0.05, 0.1) is 4.90 Å². The molecule has 1 aliphatic heterocycles. The zero-order valence-electron chi connectivity index (χ0n) is 23.8. The van der Waals surface area contributed by atoms with Crippen molar-refractivity contribution in [2.45, 2.75) is 50.6 Å². The average molecular weight is 602 g/mol. The molecular formula is C32H32ClN5O3S. The molecule has 0 unspecified atom stereocenters. The van der Waals surface area contributed by atoms with Crippen molar-refractivity contribution in [1.82, 2.24) is 20.3 Å². The van der Waals surface area contributed by atoms with Crippen LogP contribution in [0.15, 0.2) is 64.6 Å². The number of aryl methyl sites for hydroxylation is 2. The van der Waals surface area contributed by atoms with Gasteiger partial charge in [-0.3, -0.25) is 4.79 Å². The van der Waals surface area contributed by atoms with E-state index in [-0.39, 0.29) is 22.3 Å². The normalized spacial score (nSPS) is 13.0. The van der Waals surface area contributed by atoms with Crippen LogP contribution in [0.3, 0.4) is 0 Å². The molecule has 8 nitrogen and oxygen atoms in total. The second-order valence-corrected chi connectivity index (χ2v) is 12.6. The Kier molecular flexibility index (Phi) is 7.70. The number of carbonyl (C=O) groups excluding carboxylic acids is 1. The molecule has 6 rings (SSSR count). The van der Waals surface area contributed by atoms with Gasteiger partial charge in [-0.1, -0.05) is 18.2 Å². The van der Waals surface area contributed by atoms with E-state index in [4.69, 9.17) is 15.7 Å². The van der Waals surface area contributed by atoms with Crippen molar-refractivity contribution in [3.63, 3.8) is 0 Å². The lowest BCUT2D eigenvalue weighted by atomic mass is 9.93. The van der Waals surface area contributed by atoms with Crippen molar-refractivity contribution < 1.29 is 13.2 Å². The first-order chi connectivity index (χ1) is 19.6. The predicted octanol–water partition coefficient (Wildman–Crippen LogP) is 5.52. The number of nitrogens with two attached hydrogens (primary N) is 1. The lowest BCUT2D eigenvalue weighted by Gasteiger charge is -2.21. The summed E-state index contributed by atoms with van der Waals surface area (Å²) < 4.78 is 28.2. The van der Waals surface area contributed by atoms with Crippen LogP contribution in [0.4, 0.5) is 0 Å². The second kappa shape index (κ2) is 11.0. The van der Waals surface area contributed by atoms with E-state index < -0.39 is 15.7 Å². The van der Waals surface area contributed by atoms with Gasteiger partial charge in [-0.25, -0.2) is 18.4 Å². The number of hydrogen-bond acceptors (Lipinski definition) is 6. The number of hydrogen-bond donors (Lipinski definition) is 3. The van der Waals surface area contributed by atoms with E-state index in [0.717, 1.165) is 52.9 Å². The molecule has 0 spiro atoms. The smallest absolute Gasteiger partial charge is 0.248 e. The van der Waals surface area contributed by atoms with Crippen LogP contribution in [0.2, 0.25) is 0 Å². The molecular weight excluding hydrogens is 570 g/mol. The van der Waals surface area contributed by atoms with Gasteiger partial charge in [-0.05, 0) is 110 Å². The van der Waals surface area contributed by atoms with Gasteiger partial charge in [0.15, 0.2) is 10.7 Å². The minimum absolute atomic E-state index is 0. The number of benzene rings is 3. The minimum atomic E-state index is -4.01. The predicted molar refractivity (Wildman–Crippen MR) is 167 cm³/mol. The number of aromatic nitrogens is 3. The lowest BCUT2D eigenvalue weighted by Crippen LogP contribution is -2.24. The summed E-state index contributed by atoms with van der Waals surface area (Å²) in [5, 5.41) is 3.32. The maximum atomic E-state index is 14.1. The van der Waals surface area contributed by atoms with Crippen molar-refractivity contribution >= 4 is 39.3 Å². The molecule has 5 aromatic rings. The maximum absolute atomic E-state index is 14.1. The fourth-order valence-electron chi connectivity index (χ4n) is 5.71. The number of aromatic amines is 1. The Balaban J connectivity index is 0.00000353. The van der Waals surface area contributed by atoms with Gasteiger partial charge in [0.1, 0.15) is 11.2 Å². The van der Waals surface area contributed by atoms with Crippen LogP contribution in [0.25, 0.3) is 33.5 Å². The first-order valence-corrected chi connectivity index (χ1v) is 15.0. The fraction of sp³-hybridized carbons (Fsp3) is 0.219. The minimum Gasteiger partial charge on any atom is -0.366 e. The summed E-state index contributed by atoms with van der Waals surface area (Å²) in [6.07, 6.45) is 2.63. The summed E-state index contributed by atoms with van der Waals surface area (Å²) in [6, 6.07) is 14.5. The van der Waals surface area contributed by atoms with Crippen LogP contribution in [0.1, 0.15) is 43.7 Å².